The van der Waals surface area contributed by atoms with Crippen LogP contribution in [0.2, 0.25) is 0 Å². The lowest BCUT2D eigenvalue weighted by Gasteiger charge is -2.24. The lowest BCUT2D eigenvalue weighted by Crippen LogP contribution is -2.43. The monoisotopic (exact) mass is 233 g/mol. The molecule has 15 heavy (non-hydrogen) atoms. The lowest BCUT2D eigenvalue weighted by atomic mass is 10.0. The Kier molecular flexibility index (Phi) is 6.60. The first-order valence-electron chi connectivity index (χ1n) is 5.06. The number of nitrogens with zero attached hydrogens (tertiary/aromatic N) is 1. The number of aliphatic hydroxyl groups is 1. The third kappa shape index (κ3) is 4.22. The smallest absolute Gasteiger partial charge is 0.234 e. The van der Waals surface area contributed by atoms with Gasteiger partial charge in [-0.15, -0.1) is 0 Å². The maximum Gasteiger partial charge on any atom is 0.234 e. The minimum absolute atomic E-state index is 0.290. The zero-order chi connectivity index (χ0) is 12.0. The van der Waals surface area contributed by atoms with E-state index in [-0.39, 0.29) is 18.4 Å². The second-order valence-electron chi connectivity index (χ2n) is 3.50. The van der Waals surface area contributed by atoms with Crippen LogP contribution < -0.4 is 0 Å². The van der Waals surface area contributed by atoms with Gasteiger partial charge < -0.3 is 5.11 Å². The molecular formula is C10H19NO3S. The quantitative estimate of drug-likeness (QED) is 0.687. The summed E-state index contributed by atoms with van der Waals surface area (Å²) in [5.74, 6) is -0.742. The van der Waals surface area contributed by atoms with Crippen LogP contribution in [0.15, 0.2) is 0 Å². The molecule has 0 saturated carbocycles. The molecule has 0 aliphatic rings. The Morgan fingerprint density at radius 3 is 2.33 bits per heavy atom. The lowest BCUT2D eigenvalue weighted by molar-refractivity contribution is -0.147. The minimum Gasteiger partial charge on any atom is -0.392 e. The summed E-state index contributed by atoms with van der Waals surface area (Å²) in [5, 5.41) is 9.52. The van der Waals surface area contributed by atoms with Gasteiger partial charge in [-0.1, -0.05) is 13.8 Å². The van der Waals surface area contributed by atoms with Gasteiger partial charge in [0.25, 0.3) is 0 Å². The third-order valence-electron chi connectivity index (χ3n) is 2.35. The Morgan fingerprint density at radius 1 is 1.47 bits per heavy atom. The molecule has 0 rings (SSSR count). The summed E-state index contributed by atoms with van der Waals surface area (Å²) >= 11 is 3.98. The molecule has 5 heteroatoms. The number of carbonyl (C=O) groups excluding carboxylic acids is 2. The third-order valence-corrected chi connectivity index (χ3v) is 2.55. The van der Waals surface area contributed by atoms with Crippen LogP contribution in [0.4, 0.5) is 0 Å². The Bertz CT molecular complexity index is 233. The summed E-state index contributed by atoms with van der Waals surface area (Å²) in [6.45, 7) is 5.06. The van der Waals surface area contributed by atoms with Crippen LogP contribution in [-0.4, -0.2) is 40.2 Å². The van der Waals surface area contributed by atoms with E-state index in [9.17, 15) is 14.7 Å². The van der Waals surface area contributed by atoms with Crippen molar-refractivity contribution < 1.29 is 14.7 Å². The fourth-order valence-electron chi connectivity index (χ4n) is 1.29. The average molecular weight is 233 g/mol. The van der Waals surface area contributed by atoms with Gasteiger partial charge in [0.15, 0.2) is 0 Å². The predicted octanol–water partition coefficient (Wildman–Crippen LogP) is 0.698. The highest BCUT2D eigenvalue weighted by Crippen LogP contribution is 2.11. The van der Waals surface area contributed by atoms with E-state index in [1.54, 1.807) is 13.8 Å². The van der Waals surface area contributed by atoms with Crippen molar-refractivity contribution >= 4 is 24.4 Å². The topological polar surface area (TPSA) is 57.6 Å². The Labute approximate surface area is 96.1 Å². The molecule has 0 fully saturated rings. The summed E-state index contributed by atoms with van der Waals surface area (Å²) in [4.78, 5) is 24.1. The van der Waals surface area contributed by atoms with Crippen LogP contribution in [0.3, 0.4) is 0 Å². The molecule has 4 nitrogen and oxygen atoms in total. The number of imide groups is 1. The molecule has 0 radical (unpaired) electrons. The molecule has 0 bridgehead atoms. The summed E-state index contributed by atoms with van der Waals surface area (Å²) in [7, 11) is 0. The van der Waals surface area contributed by atoms with E-state index < -0.39 is 12.0 Å². The van der Waals surface area contributed by atoms with Gasteiger partial charge in [-0.05, 0) is 6.42 Å². The molecule has 88 valence electrons. The van der Waals surface area contributed by atoms with E-state index in [1.807, 2.05) is 0 Å². The van der Waals surface area contributed by atoms with Crippen molar-refractivity contribution in [2.24, 2.45) is 5.92 Å². The van der Waals surface area contributed by atoms with Crippen LogP contribution in [0.1, 0.15) is 27.2 Å². The highest BCUT2D eigenvalue weighted by molar-refractivity contribution is 7.80. The molecule has 0 unspecified atom stereocenters. The van der Waals surface area contributed by atoms with Crippen molar-refractivity contribution in [1.29, 1.82) is 0 Å². The number of aliphatic hydroxyl groups excluding tert-OH is 1. The van der Waals surface area contributed by atoms with Gasteiger partial charge in [-0.25, -0.2) is 0 Å². The second kappa shape index (κ2) is 6.85. The number of rotatable bonds is 5. The number of thiol groups is 1. The van der Waals surface area contributed by atoms with Crippen molar-refractivity contribution in [2.45, 2.75) is 33.3 Å². The van der Waals surface area contributed by atoms with E-state index in [0.717, 1.165) is 4.90 Å². The van der Waals surface area contributed by atoms with Crippen molar-refractivity contribution in [1.82, 2.24) is 4.90 Å². The summed E-state index contributed by atoms with van der Waals surface area (Å²) < 4.78 is 0. The standard InChI is InChI=1S/C10H19NO3S/c1-4-9(13)7(2)10(14)11(5-6-15)8(3)12/h7,9,13,15H,4-6H2,1-3H3/t7-,9+/m0/s1. The number of carbonyl (C=O) groups is 2. The van der Waals surface area contributed by atoms with Crippen molar-refractivity contribution in [2.75, 3.05) is 12.3 Å². The molecule has 0 aromatic heterocycles. The molecule has 2 atom stereocenters. The predicted molar refractivity (Wildman–Crippen MR) is 61.7 cm³/mol. The van der Waals surface area contributed by atoms with E-state index in [2.05, 4.69) is 12.6 Å². The molecule has 0 heterocycles. The normalized spacial score (nSPS) is 14.5. The van der Waals surface area contributed by atoms with Crippen LogP contribution in [0.25, 0.3) is 0 Å². The average Bonchev–Trinajstić information content (AvgIpc) is 2.22. The largest absolute Gasteiger partial charge is 0.392 e. The van der Waals surface area contributed by atoms with E-state index in [1.165, 1.54) is 6.92 Å². The molecule has 2 amide bonds. The fourth-order valence-corrected chi connectivity index (χ4v) is 1.49. The second-order valence-corrected chi connectivity index (χ2v) is 3.94. The first-order chi connectivity index (χ1) is 6.95. The van der Waals surface area contributed by atoms with Gasteiger partial charge in [0.2, 0.25) is 11.8 Å². The first kappa shape index (κ1) is 14.5. The molecule has 0 aromatic rings. The summed E-state index contributed by atoms with van der Waals surface area (Å²) in [5.41, 5.74) is 0. The van der Waals surface area contributed by atoms with Gasteiger partial charge in [-0.2, -0.15) is 12.6 Å². The Morgan fingerprint density at radius 2 is 2.00 bits per heavy atom. The van der Waals surface area contributed by atoms with E-state index >= 15 is 0 Å². The van der Waals surface area contributed by atoms with Crippen LogP contribution in [-0.2, 0) is 9.59 Å². The molecule has 0 aromatic carbocycles. The fraction of sp³-hybridized carbons (Fsp3) is 0.800. The van der Waals surface area contributed by atoms with Crippen molar-refractivity contribution in [3.8, 4) is 0 Å². The maximum absolute atomic E-state index is 11.8. The minimum atomic E-state index is -0.695. The van der Waals surface area contributed by atoms with Crippen LogP contribution in [0.5, 0.6) is 0 Å². The highest BCUT2D eigenvalue weighted by Gasteiger charge is 2.27. The Hall–Kier alpha value is -0.550. The zero-order valence-corrected chi connectivity index (χ0v) is 10.3. The molecule has 0 saturated heterocycles. The molecule has 0 spiro atoms. The van der Waals surface area contributed by atoms with Crippen LogP contribution >= 0.6 is 12.6 Å². The molecule has 1 N–H and O–H groups in total. The SMILES string of the molecule is CC[C@@H](O)[C@H](C)C(=O)N(CCS)C(C)=O. The van der Waals surface area contributed by atoms with Gasteiger partial charge in [0, 0.05) is 19.2 Å². The van der Waals surface area contributed by atoms with E-state index in [4.69, 9.17) is 0 Å². The maximum atomic E-state index is 11.8. The van der Waals surface area contributed by atoms with Gasteiger partial charge in [-0.3, -0.25) is 14.5 Å². The van der Waals surface area contributed by atoms with Gasteiger partial charge in [0.05, 0.1) is 12.0 Å². The number of hydrogen-bond donors (Lipinski definition) is 2. The number of amides is 2. The van der Waals surface area contributed by atoms with Gasteiger partial charge >= 0.3 is 0 Å². The zero-order valence-electron chi connectivity index (χ0n) is 9.43. The Balaban J connectivity index is 4.55. The van der Waals surface area contributed by atoms with Crippen molar-refractivity contribution in [3.05, 3.63) is 0 Å². The van der Waals surface area contributed by atoms with Crippen LogP contribution in [0, 0.1) is 5.92 Å². The first-order valence-corrected chi connectivity index (χ1v) is 5.69. The molecular weight excluding hydrogens is 214 g/mol. The van der Waals surface area contributed by atoms with Crippen molar-refractivity contribution in [3.63, 3.8) is 0 Å². The van der Waals surface area contributed by atoms with E-state index in [0.29, 0.717) is 12.2 Å². The van der Waals surface area contributed by atoms with Gasteiger partial charge in [0.1, 0.15) is 0 Å². The summed E-state index contributed by atoms with van der Waals surface area (Å²) in [6.07, 6.45) is -0.196. The molecule has 0 aliphatic heterocycles. The number of hydrogen-bond acceptors (Lipinski definition) is 4. The summed E-state index contributed by atoms with van der Waals surface area (Å²) in [6, 6.07) is 0. The molecule has 0 aliphatic carbocycles. The highest BCUT2D eigenvalue weighted by atomic mass is 32.1.